The Morgan fingerprint density at radius 2 is 2.12 bits per heavy atom. The molecule has 2 unspecified atom stereocenters. The van der Waals surface area contributed by atoms with Crippen molar-refractivity contribution in [2.24, 2.45) is 5.92 Å². The molecule has 0 aliphatic carbocycles. The van der Waals surface area contributed by atoms with Crippen molar-refractivity contribution in [3.8, 4) is 0 Å². The summed E-state index contributed by atoms with van der Waals surface area (Å²) in [6.07, 6.45) is 2.34. The molecule has 0 bridgehead atoms. The monoisotopic (exact) mass is 241 g/mol. The fraction of sp³-hybridized carbons (Fsp3) is 0.833. The van der Waals surface area contributed by atoms with E-state index in [4.69, 9.17) is 0 Å². The molecule has 2 atom stereocenters. The molecule has 5 heteroatoms. The van der Waals surface area contributed by atoms with Crippen LogP contribution in [0.4, 0.5) is 0 Å². The maximum atomic E-state index is 11.9. The molecule has 0 radical (unpaired) electrons. The Bertz CT molecular complexity index is 279. The number of carbonyl (C=O) groups excluding carboxylic acids is 2. The highest BCUT2D eigenvalue weighted by atomic mass is 16.2. The summed E-state index contributed by atoms with van der Waals surface area (Å²) in [5.74, 6) is 0.148. The predicted molar refractivity (Wildman–Crippen MR) is 66.5 cm³/mol. The first-order valence-corrected chi connectivity index (χ1v) is 6.23. The zero-order chi connectivity index (χ0) is 12.8. The number of hydrogen-bond acceptors (Lipinski definition) is 3. The standard InChI is InChI=1S/C12H23N3O2/c1-9-10(5-4-7-13-9)12(17)14-8-6-11(16)15(2)3/h9-10,13H,4-8H2,1-3H3,(H,14,17). The molecule has 1 aliphatic heterocycles. The van der Waals surface area contributed by atoms with Crippen molar-refractivity contribution >= 4 is 11.8 Å². The quantitative estimate of drug-likeness (QED) is 0.726. The third-order valence-corrected chi connectivity index (χ3v) is 3.24. The Labute approximate surface area is 103 Å². The number of carbonyl (C=O) groups is 2. The average Bonchev–Trinajstić information content (AvgIpc) is 2.29. The maximum absolute atomic E-state index is 11.9. The van der Waals surface area contributed by atoms with Gasteiger partial charge in [-0.15, -0.1) is 0 Å². The van der Waals surface area contributed by atoms with E-state index < -0.39 is 0 Å². The topological polar surface area (TPSA) is 61.4 Å². The van der Waals surface area contributed by atoms with Gasteiger partial charge in [-0.1, -0.05) is 0 Å². The normalized spacial score (nSPS) is 24.2. The van der Waals surface area contributed by atoms with Crippen LogP contribution in [-0.2, 0) is 9.59 Å². The zero-order valence-electron chi connectivity index (χ0n) is 11.0. The summed E-state index contributed by atoms with van der Waals surface area (Å²) in [5, 5.41) is 6.14. The van der Waals surface area contributed by atoms with Crippen LogP contribution >= 0.6 is 0 Å². The molecular formula is C12H23N3O2. The summed E-state index contributed by atoms with van der Waals surface area (Å²) in [4.78, 5) is 24.7. The summed E-state index contributed by atoms with van der Waals surface area (Å²) in [5.41, 5.74) is 0. The average molecular weight is 241 g/mol. The van der Waals surface area contributed by atoms with Gasteiger partial charge >= 0.3 is 0 Å². The minimum atomic E-state index is 0.0400. The molecule has 17 heavy (non-hydrogen) atoms. The first-order chi connectivity index (χ1) is 8.02. The number of nitrogens with one attached hydrogen (secondary N) is 2. The molecule has 0 saturated carbocycles. The van der Waals surface area contributed by atoms with Crippen molar-refractivity contribution in [2.45, 2.75) is 32.2 Å². The first-order valence-electron chi connectivity index (χ1n) is 6.23. The van der Waals surface area contributed by atoms with Crippen LogP contribution in [0, 0.1) is 5.92 Å². The van der Waals surface area contributed by atoms with E-state index in [0.717, 1.165) is 19.4 Å². The van der Waals surface area contributed by atoms with Gasteiger partial charge in [0.05, 0.1) is 5.92 Å². The highest BCUT2D eigenvalue weighted by molar-refractivity contribution is 5.81. The number of piperidine rings is 1. The molecule has 2 N–H and O–H groups in total. The smallest absolute Gasteiger partial charge is 0.224 e. The molecular weight excluding hydrogens is 218 g/mol. The largest absolute Gasteiger partial charge is 0.355 e. The van der Waals surface area contributed by atoms with Crippen LogP contribution in [0.5, 0.6) is 0 Å². The van der Waals surface area contributed by atoms with Gasteiger partial charge in [0, 0.05) is 33.1 Å². The van der Waals surface area contributed by atoms with Crippen LogP contribution in [0.15, 0.2) is 0 Å². The summed E-state index contributed by atoms with van der Waals surface area (Å²) in [7, 11) is 3.44. The van der Waals surface area contributed by atoms with Gasteiger partial charge in [0.15, 0.2) is 0 Å². The van der Waals surface area contributed by atoms with Crippen molar-refractivity contribution in [3.05, 3.63) is 0 Å². The lowest BCUT2D eigenvalue weighted by atomic mass is 9.91. The summed E-state index contributed by atoms with van der Waals surface area (Å²) < 4.78 is 0. The third-order valence-electron chi connectivity index (χ3n) is 3.24. The van der Waals surface area contributed by atoms with Gasteiger partial charge in [-0.05, 0) is 26.3 Å². The molecule has 98 valence electrons. The van der Waals surface area contributed by atoms with E-state index in [2.05, 4.69) is 10.6 Å². The Morgan fingerprint density at radius 3 is 2.71 bits per heavy atom. The van der Waals surface area contributed by atoms with Crippen LogP contribution in [0.25, 0.3) is 0 Å². The van der Waals surface area contributed by atoms with Gasteiger partial charge in [0.2, 0.25) is 11.8 Å². The van der Waals surface area contributed by atoms with E-state index in [0.29, 0.717) is 13.0 Å². The molecule has 0 aromatic carbocycles. The second-order valence-electron chi connectivity index (χ2n) is 4.82. The van der Waals surface area contributed by atoms with Crippen molar-refractivity contribution in [2.75, 3.05) is 27.2 Å². The lowest BCUT2D eigenvalue weighted by Crippen LogP contribution is -2.47. The van der Waals surface area contributed by atoms with E-state index in [9.17, 15) is 9.59 Å². The van der Waals surface area contributed by atoms with Gasteiger partial charge in [-0.25, -0.2) is 0 Å². The summed E-state index contributed by atoms with van der Waals surface area (Å²) in [6, 6.07) is 0.230. The molecule has 1 saturated heterocycles. The Balaban J connectivity index is 2.27. The second-order valence-corrected chi connectivity index (χ2v) is 4.82. The molecule has 1 aliphatic rings. The fourth-order valence-electron chi connectivity index (χ4n) is 2.05. The molecule has 0 aromatic rings. The molecule has 5 nitrogen and oxygen atoms in total. The van der Waals surface area contributed by atoms with E-state index in [1.165, 1.54) is 4.90 Å². The highest BCUT2D eigenvalue weighted by Crippen LogP contribution is 2.16. The molecule has 1 rings (SSSR count). The Kier molecular flexibility index (Phi) is 5.41. The molecule has 0 spiro atoms. The predicted octanol–water partition coefficient (Wildman–Crippen LogP) is -0.0310. The van der Waals surface area contributed by atoms with Gasteiger partial charge < -0.3 is 15.5 Å². The maximum Gasteiger partial charge on any atom is 0.224 e. The van der Waals surface area contributed by atoms with Gasteiger partial charge in [0.25, 0.3) is 0 Å². The molecule has 2 amide bonds. The fourth-order valence-corrected chi connectivity index (χ4v) is 2.05. The van der Waals surface area contributed by atoms with E-state index in [1.54, 1.807) is 14.1 Å². The number of nitrogens with zero attached hydrogens (tertiary/aromatic N) is 1. The Hall–Kier alpha value is -1.10. The van der Waals surface area contributed by atoms with E-state index in [1.807, 2.05) is 6.92 Å². The Morgan fingerprint density at radius 1 is 1.41 bits per heavy atom. The van der Waals surface area contributed by atoms with E-state index in [-0.39, 0.29) is 23.8 Å². The van der Waals surface area contributed by atoms with Crippen LogP contribution in [-0.4, -0.2) is 49.9 Å². The number of amides is 2. The second kappa shape index (κ2) is 6.59. The highest BCUT2D eigenvalue weighted by Gasteiger charge is 2.27. The first kappa shape index (κ1) is 14.0. The van der Waals surface area contributed by atoms with Crippen molar-refractivity contribution in [1.82, 2.24) is 15.5 Å². The van der Waals surface area contributed by atoms with Crippen molar-refractivity contribution in [1.29, 1.82) is 0 Å². The SMILES string of the molecule is CC1NCCCC1C(=O)NCCC(=O)N(C)C. The third kappa shape index (κ3) is 4.34. The van der Waals surface area contributed by atoms with Crippen LogP contribution in [0.2, 0.25) is 0 Å². The summed E-state index contributed by atoms with van der Waals surface area (Å²) >= 11 is 0. The lowest BCUT2D eigenvalue weighted by molar-refractivity contribution is -0.129. The van der Waals surface area contributed by atoms with Crippen LogP contribution in [0.3, 0.4) is 0 Å². The van der Waals surface area contributed by atoms with Crippen LogP contribution < -0.4 is 10.6 Å². The van der Waals surface area contributed by atoms with Crippen molar-refractivity contribution in [3.63, 3.8) is 0 Å². The zero-order valence-corrected chi connectivity index (χ0v) is 11.0. The van der Waals surface area contributed by atoms with Crippen LogP contribution in [0.1, 0.15) is 26.2 Å². The van der Waals surface area contributed by atoms with Crippen molar-refractivity contribution < 1.29 is 9.59 Å². The molecule has 1 heterocycles. The minimum absolute atomic E-state index is 0.0400. The number of rotatable bonds is 4. The molecule has 1 fully saturated rings. The summed E-state index contributed by atoms with van der Waals surface area (Å²) in [6.45, 7) is 3.46. The van der Waals surface area contributed by atoms with Gasteiger partial charge in [-0.3, -0.25) is 9.59 Å². The lowest BCUT2D eigenvalue weighted by Gasteiger charge is -2.28. The number of hydrogen-bond donors (Lipinski definition) is 2. The van der Waals surface area contributed by atoms with Gasteiger partial charge in [0.1, 0.15) is 0 Å². The van der Waals surface area contributed by atoms with Gasteiger partial charge in [-0.2, -0.15) is 0 Å². The minimum Gasteiger partial charge on any atom is -0.355 e. The molecule has 0 aromatic heterocycles. The van der Waals surface area contributed by atoms with E-state index >= 15 is 0 Å².